The van der Waals surface area contributed by atoms with Crippen LogP contribution in [0.3, 0.4) is 0 Å². The van der Waals surface area contributed by atoms with E-state index in [0.717, 1.165) is 0 Å². The van der Waals surface area contributed by atoms with Crippen molar-refractivity contribution in [3.63, 3.8) is 0 Å². The molecule has 0 spiro atoms. The number of amides is 2. The second-order valence-corrected chi connectivity index (χ2v) is 11.9. The molecule has 2 aromatic carbocycles. The quantitative estimate of drug-likeness (QED) is 0.704. The first kappa shape index (κ1) is 22.5. The van der Waals surface area contributed by atoms with E-state index < -0.39 is 22.1 Å². The van der Waals surface area contributed by atoms with E-state index in [0.29, 0.717) is 18.0 Å². The third kappa shape index (κ3) is 5.90. The summed E-state index contributed by atoms with van der Waals surface area (Å²) in [7, 11) is -3.77. The number of nitrogens with two attached hydrogens (primary N) is 1. The molecule has 1 heterocycles. The minimum Gasteiger partial charge on any atom is -0.457 e. The van der Waals surface area contributed by atoms with Crippen molar-refractivity contribution < 1.29 is 17.9 Å². The number of benzene rings is 2. The number of nitrogens with zero attached hydrogens (tertiary/aromatic N) is 1. The van der Waals surface area contributed by atoms with E-state index >= 15 is 0 Å². The Labute approximate surface area is 182 Å². The van der Waals surface area contributed by atoms with Crippen molar-refractivity contribution in [3.05, 3.63) is 54.6 Å². The van der Waals surface area contributed by atoms with Crippen molar-refractivity contribution in [1.29, 1.82) is 0 Å². The molecule has 1 aliphatic rings. The standard InChI is InChI=1S/C21H27N3O4S2/c1-21(2,3)29-19-14-24(20(22)25)13-18(19)23-30(26,27)17-11-9-16(10-12-17)28-15-7-5-4-6-8-15/h4-12,18-19,23H,13-14H2,1-3H3,(H2,22,25). The molecule has 162 valence electrons. The maximum Gasteiger partial charge on any atom is 0.314 e. The van der Waals surface area contributed by atoms with Gasteiger partial charge in [-0.05, 0) is 36.4 Å². The monoisotopic (exact) mass is 449 g/mol. The van der Waals surface area contributed by atoms with Crippen LogP contribution in [0.15, 0.2) is 59.5 Å². The Kier molecular flexibility index (Phi) is 6.64. The normalized spacial score (nSPS) is 19.6. The number of para-hydroxylation sites is 1. The van der Waals surface area contributed by atoms with E-state index in [1.807, 2.05) is 30.3 Å². The number of carbonyl (C=O) groups is 1. The van der Waals surface area contributed by atoms with Gasteiger partial charge in [0.15, 0.2) is 0 Å². The van der Waals surface area contributed by atoms with E-state index in [-0.39, 0.29) is 21.4 Å². The lowest BCUT2D eigenvalue weighted by Crippen LogP contribution is -2.43. The largest absolute Gasteiger partial charge is 0.457 e. The molecule has 0 radical (unpaired) electrons. The van der Waals surface area contributed by atoms with Gasteiger partial charge in [-0.25, -0.2) is 17.9 Å². The van der Waals surface area contributed by atoms with Crippen molar-refractivity contribution in [2.75, 3.05) is 13.1 Å². The van der Waals surface area contributed by atoms with Crippen LogP contribution in [-0.4, -0.2) is 48.5 Å². The number of thioether (sulfide) groups is 1. The van der Waals surface area contributed by atoms with Gasteiger partial charge in [0.1, 0.15) is 11.5 Å². The zero-order valence-corrected chi connectivity index (χ0v) is 18.9. The Morgan fingerprint density at radius 2 is 1.67 bits per heavy atom. The van der Waals surface area contributed by atoms with Crippen LogP contribution in [0.4, 0.5) is 4.79 Å². The van der Waals surface area contributed by atoms with Gasteiger partial charge in [-0.2, -0.15) is 0 Å². The topological polar surface area (TPSA) is 102 Å². The molecule has 0 aliphatic carbocycles. The maximum absolute atomic E-state index is 12.9. The van der Waals surface area contributed by atoms with E-state index in [4.69, 9.17) is 10.5 Å². The van der Waals surface area contributed by atoms with E-state index in [1.54, 1.807) is 23.9 Å². The van der Waals surface area contributed by atoms with Gasteiger partial charge in [0, 0.05) is 23.1 Å². The molecule has 2 atom stereocenters. The summed E-state index contributed by atoms with van der Waals surface area (Å²) < 4.78 is 34.3. The first-order valence-electron chi connectivity index (χ1n) is 9.61. The second kappa shape index (κ2) is 8.87. The number of carbonyl (C=O) groups excluding carboxylic acids is 1. The molecule has 3 rings (SSSR count). The van der Waals surface area contributed by atoms with Gasteiger partial charge in [-0.15, -0.1) is 11.8 Å². The number of hydrogen-bond donors (Lipinski definition) is 2. The highest BCUT2D eigenvalue weighted by Crippen LogP contribution is 2.34. The number of rotatable bonds is 6. The van der Waals surface area contributed by atoms with Crippen LogP contribution in [0.2, 0.25) is 0 Å². The minimum atomic E-state index is -3.77. The van der Waals surface area contributed by atoms with E-state index in [9.17, 15) is 13.2 Å². The third-order valence-corrected chi connectivity index (χ3v) is 7.50. The molecule has 7 nitrogen and oxygen atoms in total. The predicted molar refractivity (Wildman–Crippen MR) is 119 cm³/mol. The van der Waals surface area contributed by atoms with Crippen molar-refractivity contribution in [3.8, 4) is 11.5 Å². The average Bonchev–Trinajstić information content (AvgIpc) is 3.03. The van der Waals surface area contributed by atoms with Crippen LogP contribution >= 0.6 is 11.8 Å². The van der Waals surface area contributed by atoms with E-state index in [2.05, 4.69) is 25.5 Å². The Balaban J connectivity index is 1.73. The summed E-state index contributed by atoms with van der Waals surface area (Å²) in [6, 6.07) is 14.5. The van der Waals surface area contributed by atoms with Crippen LogP contribution in [0.5, 0.6) is 11.5 Å². The van der Waals surface area contributed by atoms with Gasteiger partial charge in [-0.1, -0.05) is 39.0 Å². The number of nitrogens with one attached hydrogen (secondary N) is 1. The van der Waals surface area contributed by atoms with Crippen molar-refractivity contribution in [2.24, 2.45) is 5.73 Å². The summed E-state index contributed by atoms with van der Waals surface area (Å²) in [5.41, 5.74) is 5.43. The Hall–Kier alpha value is -2.23. The molecule has 2 amide bonds. The first-order valence-corrected chi connectivity index (χ1v) is 12.0. The van der Waals surface area contributed by atoms with Gasteiger partial charge in [-0.3, -0.25) is 0 Å². The highest BCUT2D eigenvalue weighted by molar-refractivity contribution is 8.01. The first-order chi connectivity index (χ1) is 14.0. The molecular formula is C21H27N3O4S2. The lowest BCUT2D eigenvalue weighted by Gasteiger charge is -2.26. The molecule has 30 heavy (non-hydrogen) atoms. The highest BCUT2D eigenvalue weighted by atomic mass is 32.2. The van der Waals surface area contributed by atoms with Crippen LogP contribution in [0, 0.1) is 0 Å². The molecule has 9 heteroatoms. The SMILES string of the molecule is CC(C)(C)SC1CN(C(N)=O)CC1NS(=O)(=O)c1ccc(Oc2ccccc2)cc1. The fraction of sp³-hybridized carbons (Fsp3) is 0.381. The van der Waals surface area contributed by atoms with Crippen molar-refractivity contribution in [1.82, 2.24) is 9.62 Å². The molecule has 0 saturated carbocycles. The van der Waals surface area contributed by atoms with Crippen molar-refractivity contribution in [2.45, 2.75) is 41.7 Å². The van der Waals surface area contributed by atoms with Crippen LogP contribution in [0.1, 0.15) is 20.8 Å². The molecule has 3 N–H and O–H groups in total. The Morgan fingerprint density at radius 3 is 2.23 bits per heavy atom. The number of urea groups is 1. The van der Waals surface area contributed by atoms with Gasteiger partial charge in [0.25, 0.3) is 0 Å². The lowest BCUT2D eigenvalue weighted by atomic mass is 10.2. The summed E-state index contributed by atoms with van der Waals surface area (Å²) in [4.78, 5) is 13.2. The summed E-state index contributed by atoms with van der Waals surface area (Å²) in [6.07, 6.45) is 0. The second-order valence-electron chi connectivity index (χ2n) is 8.13. The molecule has 0 aromatic heterocycles. The summed E-state index contributed by atoms with van der Waals surface area (Å²) >= 11 is 1.64. The summed E-state index contributed by atoms with van der Waals surface area (Å²) in [5.74, 6) is 1.22. The number of primary amides is 1. The summed E-state index contributed by atoms with van der Waals surface area (Å²) in [6.45, 7) is 6.83. The zero-order valence-electron chi connectivity index (χ0n) is 17.2. The Bertz CT molecular complexity index is 974. The maximum atomic E-state index is 12.9. The predicted octanol–water partition coefficient (Wildman–Crippen LogP) is 3.42. The number of ether oxygens (including phenoxy) is 1. The average molecular weight is 450 g/mol. The van der Waals surface area contributed by atoms with Crippen molar-refractivity contribution >= 4 is 27.8 Å². The number of sulfonamides is 1. The number of hydrogen-bond acceptors (Lipinski definition) is 5. The van der Waals surface area contributed by atoms with Crippen LogP contribution < -0.4 is 15.2 Å². The van der Waals surface area contributed by atoms with Gasteiger partial charge >= 0.3 is 6.03 Å². The highest BCUT2D eigenvalue weighted by Gasteiger charge is 2.39. The molecule has 1 aliphatic heterocycles. The third-order valence-electron chi connectivity index (χ3n) is 4.50. The van der Waals surface area contributed by atoms with E-state index in [1.165, 1.54) is 17.0 Å². The molecule has 1 saturated heterocycles. The van der Waals surface area contributed by atoms with Gasteiger partial charge < -0.3 is 15.4 Å². The molecule has 1 fully saturated rings. The Morgan fingerprint density at radius 1 is 1.07 bits per heavy atom. The van der Waals surface area contributed by atoms with Gasteiger partial charge in [0.05, 0.1) is 10.9 Å². The lowest BCUT2D eigenvalue weighted by molar-refractivity contribution is 0.218. The molecule has 0 bridgehead atoms. The molecule has 2 unspecified atom stereocenters. The molecule has 2 aromatic rings. The van der Waals surface area contributed by atoms with Crippen LogP contribution in [-0.2, 0) is 10.0 Å². The smallest absolute Gasteiger partial charge is 0.314 e. The fourth-order valence-electron chi connectivity index (χ4n) is 3.22. The van der Waals surface area contributed by atoms with Gasteiger partial charge in [0.2, 0.25) is 10.0 Å². The fourth-order valence-corrected chi connectivity index (χ4v) is 6.05. The number of likely N-dealkylation sites (tertiary alicyclic amines) is 1. The summed E-state index contributed by atoms with van der Waals surface area (Å²) in [5, 5.41) is -0.0898. The molecular weight excluding hydrogens is 422 g/mol. The zero-order chi connectivity index (χ0) is 21.9. The van der Waals surface area contributed by atoms with Crippen LogP contribution in [0.25, 0.3) is 0 Å². The minimum absolute atomic E-state index is 0.0849.